The lowest BCUT2D eigenvalue weighted by Gasteiger charge is -2.25. The molecule has 0 aliphatic carbocycles. The smallest absolute Gasteiger partial charge is 0.435 e. The number of carbonyl (C=O) groups is 1. The largest absolute Gasteiger partial charge is 0.573 e. The van der Waals surface area contributed by atoms with Gasteiger partial charge in [-0.05, 0) is 67.4 Å². The van der Waals surface area contributed by atoms with Crippen molar-refractivity contribution < 1.29 is 49.4 Å². The van der Waals surface area contributed by atoms with Crippen LogP contribution < -0.4 is 14.4 Å². The Morgan fingerprint density at radius 2 is 1.63 bits per heavy atom. The third-order valence-electron chi connectivity index (χ3n) is 6.16. The fourth-order valence-electron chi connectivity index (χ4n) is 4.33. The number of halogens is 8. The molecule has 1 saturated heterocycles. The minimum absolute atomic E-state index is 0.00398. The molecule has 0 saturated carbocycles. The second-order valence-electron chi connectivity index (χ2n) is 9.44. The van der Waals surface area contributed by atoms with Gasteiger partial charge in [0.15, 0.2) is 0 Å². The highest BCUT2D eigenvalue weighted by molar-refractivity contribution is 6.46. The fourth-order valence-corrected chi connectivity index (χ4v) is 4.33. The lowest BCUT2D eigenvalue weighted by atomic mass is 9.95. The molecule has 41 heavy (non-hydrogen) atoms. The molecule has 14 heteroatoms. The molecule has 1 aliphatic rings. The van der Waals surface area contributed by atoms with Gasteiger partial charge in [-0.15, -0.1) is 13.2 Å². The standard InChI is InChI=1S/C27H21F8N3O3/c1-25(2,16-6-11-22(36-14-16)26(30,31)32)37-20-13-21(15-4-3-5-19(12-15)40-24(28)29)38(23(20)39)17-7-9-18(10-8-17)41-27(33,34)35/h3-12,14,21,24H,13H2,1-2H3. The van der Waals surface area contributed by atoms with Gasteiger partial charge in [0, 0.05) is 18.3 Å². The highest BCUT2D eigenvalue weighted by atomic mass is 19.4. The van der Waals surface area contributed by atoms with Crippen molar-refractivity contribution in [1.29, 1.82) is 0 Å². The third kappa shape index (κ3) is 7.11. The Kier molecular flexibility index (Phi) is 7.96. The third-order valence-corrected chi connectivity index (χ3v) is 6.16. The van der Waals surface area contributed by atoms with Crippen LogP contribution in [0, 0.1) is 0 Å². The van der Waals surface area contributed by atoms with Crippen molar-refractivity contribution in [3.8, 4) is 11.5 Å². The van der Waals surface area contributed by atoms with Crippen molar-refractivity contribution in [2.24, 2.45) is 4.99 Å². The quantitative estimate of drug-likeness (QED) is 0.270. The van der Waals surface area contributed by atoms with Gasteiger partial charge in [0.05, 0.1) is 11.6 Å². The van der Waals surface area contributed by atoms with Crippen LogP contribution in [0.15, 0.2) is 71.9 Å². The Balaban J connectivity index is 1.72. The number of aliphatic imine (C=N–C) groups is 1. The molecular weight excluding hydrogens is 566 g/mol. The fraction of sp³-hybridized carbons (Fsp3) is 0.296. The minimum atomic E-state index is -4.93. The average Bonchev–Trinajstić information content (AvgIpc) is 3.18. The molecule has 0 N–H and O–H groups in total. The maximum atomic E-state index is 13.6. The Hall–Kier alpha value is -4.23. The summed E-state index contributed by atoms with van der Waals surface area (Å²) < 4.78 is 111. The maximum Gasteiger partial charge on any atom is 0.573 e. The van der Waals surface area contributed by atoms with Crippen molar-refractivity contribution in [1.82, 2.24) is 4.98 Å². The number of hydrogen-bond acceptors (Lipinski definition) is 5. The molecule has 0 bridgehead atoms. The first-order valence-corrected chi connectivity index (χ1v) is 11.9. The van der Waals surface area contributed by atoms with E-state index in [4.69, 9.17) is 0 Å². The summed E-state index contributed by atoms with van der Waals surface area (Å²) in [6.45, 7) is 0.0218. The van der Waals surface area contributed by atoms with Crippen LogP contribution in [0.3, 0.4) is 0 Å². The van der Waals surface area contributed by atoms with E-state index in [0.717, 1.165) is 24.4 Å². The summed E-state index contributed by atoms with van der Waals surface area (Å²) in [6.07, 6.45) is -8.63. The first kappa shape index (κ1) is 29.7. The van der Waals surface area contributed by atoms with E-state index in [2.05, 4.69) is 19.5 Å². The number of alkyl halides is 8. The second kappa shape index (κ2) is 11.0. The van der Waals surface area contributed by atoms with Crippen LogP contribution in [-0.4, -0.2) is 29.6 Å². The van der Waals surface area contributed by atoms with Crippen molar-refractivity contribution in [3.05, 3.63) is 83.7 Å². The second-order valence-corrected chi connectivity index (χ2v) is 9.44. The number of anilines is 1. The molecule has 2 heterocycles. The summed E-state index contributed by atoms with van der Waals surface area (Å²) in [5.74, 6) is -1.35. The zero-order chi connectivity index (χ0) is 30.2. The number of ether oxygens (including phenoxy) is 2. The summed E-state index contributed by atoms with van der Waals surface area (Å²) in [7, 11) is 0. The van der Waals surface area contributed by atoms with E-state index in [1.54, 1.807) is 19.9 Å². The molecule has 1 fully saturated rings. The normalized spacial score (nSPS) is 17.4. The molecule has 1 amide bonds. The van der Waals surface area contributed by atoms with Crippen LogP contribution in [0.4, 0.5) is 40.8 Å². The average molecular weight is 587 g/mol. The monoisotopic (exact) mass is 587 g/mol. The number of aromatic nitrogens is 1. The molecule has 2 aromatic carbocycles. The SMILES string of the molecule is CC(C)(N=C1CC(c2cccc(OC(F)F)c2)N(c2ccc(OC(F)(F)F)cc2)C1=O)c1ccc(C(F)(F)F)nc1. The molecule has 4 rings (SSSR count). The van der Waals surface area contributed by atoms with Gasteiger partial charge in [-0.3, -0.25) is 19.7 Å². The number of nitrogens with zero attached hydrogens (tertiary/aromatic N) is 3. The topological polar surface area (TPSA) is 64.0 Å². The molecule has 1 atom stereocenters. The Morgan fingerprint density at radius 3 is 2.20 bits per heavy atom. The lowest BCUT2D eigenvalue weighted by Crippen LogP contribution is -2.30. The number of carbonyl (C=O) groups excluding carboxylic acids is 1. The van der Waals surface area contributed by atoms with Gasteiger partial charge in [0.2, 0.25) is 0 Å². The van der Waals surface area contributed by atoms with E-state index in [0.29, 0.717) is 5.56 Å². The zero-order valence-electron chi connectivity index (χ0n) is 21.3. The van der Waals surface area contributed by atoms with Gasteiger partial charge in [-0.1, -0.05) is 18.2 Å². The van der Waals surface area contributed by atoms with Gasteiger partial charge < -0.3 is 9.47 Å². The van der Waals surface area contributed by atoms with Crippen molar-refractivity contribution in [2.75, 3.05) is 4.90 Å². The Bertz CT molecular complexity index is 1420. The number of amides is 1. The van der Waals surface area contributed by atoms with E-state index in [-0.39, 0.29) is 29.1 Å². The molecular formula is C27H21F8N3O3. The van der Waals surface area contributed by atoms with Crippen LogP contribution in [0.5, 0.6) is 11.5 Å². The number of hydrogen-bond donors (Lipinski definition) is 0. The molecule has 1 aromatic heterocycles. The zero-order valence-corrected chi connectivity index (χ0v) is 21.3. The van der Waals surface area contributed by atoms with Crippen LogP contribution in [0.2, 0.25) is 0 Å². The predicted molar refractivity (Wildman–Crippen MR) is 131 cm³/mol. The molecule has 3 aromatic rings. The maximum absolute atomic E-state index is 13.6. The van der Waals surface area contributed by atoms with E-state index in [1.165, 1.54) is 41.3 Å². The van der Waals surface area contributed by atoms with Crippen LogP contribution in [-0.2, 0) is 16.5 Å². The number of benzene rings is 2. The molecule has 6 nitrogen and oxygen atoms in total. The molecule has 0 radical (unpaired) electrons. The van der Waals surface area contributed by atoms with Gasteiger partial charge in [-0.2, -0.15) is 22.0 Å². The summed E-state index contributed by atoms with van der Waals surface area (Å²) in [5, 5.41) is 0. The molecule has 1 unspecified atom stereocenters. The van der Waals surface area contributed by atoms with E-state index in [1.807, 2.05) is 0 Å². The Morgan fingerprint density at radius 1 is 0.951 bits per heavy atom. The molecule has 0 spiro atoms. The minimum Gasteiger partial charge on any atom is -0.435 e. The van der Waals surface area contributed by atoms with E-state index >= 15 is 0 Å². The molecule has 1 aliphatic heterocycles. The first-order valence-electron chi connectivity index (χ1n) is 11.9. The first-order chi connectivity index (χ1) is 19.0. The van der Waals surface area contributed by atoms with Gasteiger partial charge in [-0.25, -0.2) is 0 Å². The summed E-state index contributed by atoms with van der Waals surface area (Å²) in [5.41, 5.74) is -1.51. The van der Waals surface area contributed by atoms with Gasteiger partial charge in [0.1, 0.15) is 22.9 Å². The summed E-state index contributed by atoms with van der Waals surface area (Å²) in [4.78, 5) is 22.8. The summed E-state index contributed by atoms with van der Waals surface area (Å²) in [6, 6.07) is 11.2. The van der Waals surface area contributed by atoms with E-state index in [9.17, 15) is 39.9 Å². The van der Waals surface area contributed by atoms with Gasteiger partial charge >= 0.3 is 19.2 Å². The van der Waals surface area contributed by atoms with Crippen LogP contribution >= 0.6 is 0 Å². The van der Waals surface area contributed by atoms with Crippen LogP contribution in [0.1, 0.15) is 43.1 Å². The summed E-state index contributed by atoms with van der Waals surface area (Å²) >= 11 is 0. The van der Waals surface area contributed by atoms with Crippen molar-refractivity contribution in [3.63, 3.8) is 0 Å². The van der Waals surface area contributed by atoms with Crippen molar-refractivity contribution >= 4 is 17.3 Å². The predicted octanol–water partition coefficient (Wildman–Crippen LogP) is 7.45. The van der Waals surface area contributed by atoms with Crippen LogP contribution in [0.25, 0.3) is 0 Å². The lowest BCUT2D eigenvalue weighted by molar-refractivity contribution is -0.274. The Labute approximate surface area is 228 Å². The van der Waals surface area contributed by atoms with E-state index < -0.39 is 48.1 Å². The number of rotatable bonds is 7. The number of pyridine rings is 1. The van der Waals surface area contributed by atoms with Gasteiger partial charge in [0.25, 0.3) is 5.91 Å². The highest BCUT2D eigenvalue weighted by Gasteiger charge is 2.41. The van der Waals surface area contributed by atoms with Crippen molar-refractivity contribution in [2.45, 2.75) is 51.0 Å². The molecule has 218 valence electrons. The highest BCUT2D eigenvalue weighted by Crippen LogP contribution is 2.40.